The van der Waals surface area contributed by atoms with Crippen LogP contribution in [0.25, 0.3) is 30.1 Å². The fourth-order valence-corrected chi connectivity index (χ4v) is 6.49. The van der Waals surface area contributed by atoms with Crippen molar-refractivity contribution < 1.29 is 19.4 Å². The minimum Gasteiger partial charge on any atom is -0.515 e. The Labute approximate surface area is 225 Å². The lowest BCUT2D eigenvalue weighted by Crippen LogP contribution is -2.37. The first-order valence-corrected chi connectivity index (χ1v) is 13.4. The van der Waals surface area contributed by atoms with Crippen LogP contribution in [-0.2, 0) is 9.53 Å². The van der Waals surface area contributed by atoms with Crippen LogP contribution in [0.2, 0.25) is 0 Å². The van der Waals surface area contributed by atoms with Gasteiger partial charge in [0.05, 0.1) is 30.1 Å². The Kier molecular flexibility index (Phi) is 5.57. The molecule has 5 N–H and O–H groups in total. The number of esters is 1. The molecule has 202 valence electrons. The van der Waals surface area contributed by atoms with E-state index in [1.807, 2.05) is 26.0 Å². The number of aromatic amines is 3. The lowest BCUT2D eigenvalue weighted by molar-refractivity contribution is -0.141. The number of carbonyl (C=O) groups is 2. The highest BCUT2D eigenvalue weighted by atomic mass is 16.5. The summed E-state index contributed by atoms with van der Waals surface area (Å²) in [6.07, 6.45) is 7.26. The Bertz CT molecular complexity index is 1860. The number of aromatic nitrogens is 3. The summed E-state index contributed by atoms with van der Waals surface area (Å²) >= 11 is 0. The molecular weight excluding hydrogens is 492 g/mol. The maximum atomic E-state index is 13.8. The smallest absolute Gasteiger partial charge is 0.320 e. The average molecular weight is 527 g/mol. The Morgan fingerprint density at radius 1 is 0.897 bits per heavy atom. The zero-order valence-electron chi connectivity index (χ0n) is 23.3. The standard InChI is InChI=1S/C31H34N4O4/c1-12-13(2)20-10-24-18(11-36)16(5)22(33-24)9-23-17(6)25-29(35-23)26(27(30(25)37)31(38)39-7)28-15(4)14(3)21(34-28)8-19(12)32-20/h8-11,14-15,27-28,32-36H,1-7H3/b18-11+,21-8-,23-9-,24-10-/t14-,15-,27+,28?/m0/s1. The number of allylic oxidation sites excluding steroid dienone is 1. The number of hydrogen-bond donors (Lipinski definition) is 5. The summed E-state index contributed by atoms with van der Waals surface area (Å²) in [5.41, 5.74) is 9.03. The van der Waals surface area contributed by atoms with E-state index in [2.05, 4.69) is 54.0 Å². The van der Waals surface area contributed by atoms with Crippen LogP contribution in [0.15, 0.2) is 5.70 Å². The van der Waals surface area contributed by atoms with Gasteiger partial charge in [0.2, 0.25) is 0 Å². The van der Waals surface area contributed by atoms with E-state index in [1.165, 1.54) is 7.11 Å². The van der Waals surface area contributed by atoms with Gasteiger partial charge < -0.3 is 30.1 Å². The van der Waals surface area contributed by atoms with Crippen LogP contribution in [0.1, 0.15) is 63.5 Å². The SMILES string of the molecule is COC(=O)[C@H]1C(=O)c2c(C)/c3[nH]c2=C1C1N/C(=C\c2[nH]c(c(C)c2C)/C=c2\[nH]c(c(C)\c2=C/O)\C=3)[C@@H](C)[C@@H]1C. The van der Waals surface area contributed by atoms with Crippen molar-refractivity contribution in [1.82, 2.24) is 20.3 Å². The van der Waals surface area contributed by atoms with Crippen LogP contribution >= 0.6 is 0 Å². The third kappa shape index (κ3) is 3.43. The highest BCUT2D eigenvalue weighted by Crippen LogP contribution is 2.39. The van der Waals surface area contributed by atoms with E-state index >= 15 is 0 Å². The fraction of sp³-hybridized carbons (Fsp3) is 0.355. The molecule has 1 saturated heterocycles. The third-order valence-electron chi connectivity index (χ3n) is 9.31. The van der Waals surface area contributed by atoms with Gasteiger partial charge in [0.1, 0.15) is 5.92 Å². The number of nitrogens with one attached hydrogen (secondary N) is 4. The molecule has 3 aromatic heterocycles. The van der Waals surface area contributed by atoms with Crippen molar-refractivity contribution in [2.24, 2.45) is 17.8 Å². The van der Waals surface area contributed by atoms with Gasteiger partial charge in [0, 0.05) is 44.8 Å². The van der Waals surface area contributed by atoms with Crippen molar-refractivity contribution in [3.8, 4) is 0 Å². The van der Waals surface area contributed by atoms with Crippen molar-refractivity contribution in [2.75, 3.05) is 7.11 Å². The van der Waals surface area contributed by atoms with Crippen molar-refractivity contribution in [1.29, 1.82) is 0 Å². The second-order valence-corrected chi connectivity index (χ2v) is 11.2. The van der Waals surface area contributed by atoms with Gasteiger partial charge in [0.25, 0.3) is 0 Å². The van der Waals surface area contributed by atoms with Crippen molar-refractivity contribution in [3.63, 3.8) is 0 Å². The number of fused-ring (bicyclic) bond motifs is 8. The summed E-state index contributed by atoms with van der Waals surface area (Å²) in [5, 5.41) is 16.8. The van der Waals surface area contributed by atoms with E-state index in [-0.39, 0.29) is 23.7 Å². The number of aliphatic hydroxyl groups excluding tert-OH is 1. The van der Waals surface area contributed by atoms with Crippen LogP contribution in [0.5, 0.6) is 0 Å². The summed E-state index contributed by atoms with van der Waals surface area (Å²) in [5.74, 6) is -1.47. The van der Waals surface area contributed by atoms with Gasteiger partial charge in [-0.15, -0.1) is 0 Å². The molecule has 1 aliphatic carbocycles. The number of methoxy groups -OCH3 is 1. The molecule has 5 heterocycles. The highest BCUT2D eigenvalue weighted by Gasteiger charge is 2.48. The molecule has 8 bridgehead atoms. The number of aliphatic hydroxyl groups is 1. The molecule has 0 aromatic carbocycles. The second-order valence-electron chi connectivity index (χ2n) is 11.2. The molecule has 4 atom stereocenters. The van der Waals surface area contributed by atoms with Gasteiger partial charge in [-0.2, -0.15) is 0 Å². The topological polar surface area (TPSA) is 123 Å². The molecule has 39 heavy (non-hydrogen) atoms. The number of H-pyrrole nitrogens is 3. The maximum Gasteiger partial charge on any atom is 0.320 e. The highest BCUT2D eigenvalue weighted by molar-refractivity contribution is 6.19. The van der Waals surface area contributed by atoms with Crippen LogP contribution in [0.3, 0.4) is 0 Å². The lowest BCUT2D eigenvalue weighted by atomic mass is 9.84. The van der Waals surface area contributed by atoms with Crippen LogP contribution in [0, 0.1) is 45.4 Å². The average Bonchev–Trinajstić information content (AvgIpc) is 3.63. The monoisotopic (exact) mass is 526 g/mol. The molecule has 1 unspecified atom stereocenters. The minimum atomic E-state index is -0.987. The van der Waals surface area contributed by atoms with Crippen molar-refractivity contribution in [3.05, 3.63) is 71.9 Å². The summed E-state index contributed by atoms with van der Waals surface area (Å²) in [7, 11) is 1.33. The van der Waals surface area contributed by atoms with E-state index in [9.17, 15) is 14.7 Å². The van der Waals surface area contributed by atoms with Crippen LogP contribution < -0.4 is 26.6 Å². The number of hydrogen-bond acceptors (Lipinski definition) is 5. The van der Waals surface area contributed by atoms with E-state index < -0.39 is 11.9 Å². The predicted octanol–water partition coefficient (Wildman–Crippen LogP) is 1.59. The zero-order valence-corrected chi connectivity index (χ0v) is 23.3. The Morgan fingerprint density at radius 3 is 2.21 bits per heavy atom. The number of Topliss-reactive ketones (excluding diaryl/α,β-unsaturated/α-hetero) is 1. The molecule has 0 amide bonds. The van der Waals surface area contributed by atoms with Gasteiger partial charge in [0.15, 0.2) is 5.78 Å². The minimum absolute atomic E-state index is 0.127. The van der Waals surface area contributed by atoms with Crippen LogP contribution in [0.4, 0.5) is 0 Å². The van der Waals surface area contributed by atoms with Gasteiger partial charge in [-0.05, 0) is 79.7 Å². The Hall–Kier alpha value is -4.20. The summed E-state index contributed by atoms with van der Waals surface area (Å²) in [6, 6.07) is -0.226. The first-order valence-electron chi connectivity index (χ1n) is 13.4. The van der Waals surface area contributed by atoms with E-state index in [0.29, 0.717) is 16.1 Å². The largest absolute Gasteiger partial charge is 0.515 e. The van der Waals surface area contributed by atoms with Gasteiger partial charge in [-0.1, -0.05) is 13.8 Å². The van der Waals surface area contributed by atoms with Crippen molar-refractivity contribution in [2.45, 2.75) is 47.6 Å². The molecule has 3 aromatic rings. The number of rotatable bonds is 1. The normalized spacial score (nSPS) is 26.9. The molecule has 0 radical (unpaired) electrons. The summed E-state index contributed by atoms with van der Waals surface area (Å²) in [4.78, 5) is 37.3. The van der Waals surface area contributed by atoms with E-state index in [1.54, 1.807) is 0 Å². The zero-order chi connectivity index (χ0) is 27.9. The van der Waals surface area contributed by atoms with Crippen LogP contribution in [-0.4, -0.2) is 45.0 Å². The first kappa shape index (κ1) is 25.1. The first-order chi connectivity index (χ1) is 18.6. The molecule has 6 rings (SSSR count). The lowest BCUT2D eigenvalue weighted by Gasteiger charge is -2.22. The van der Waals surface area contributed by atoms with Gasteiger partial charge in [-0.25, -0.2) is 0 Å². The number of ether oxygens (including phenoxy) is 1. The quantitative estimate of drug-likeness (QED) is 0.244. The molecule has 8 heteroatoms. The van der Waals surface area contributed by atoms with Crippen molar-refractivity contribution >= 4 is 41.8 Å². The molecular formula is C31H34N4O4. The fourth-order valence-electron chi connectivity index (χ4n) is 6.49. The maximum absolute atomic E-state index is 13.8. The van der Waals surface area contributed by atoms with E-state index in [4.69, 9.17) is 4.74 Å². The predicted molar refractivity (Wildman–Crippen MR) is 151 cm³/mol. The van der Waals surface area contributed by atoms with E-state index in [0.717, 1.165) is 67.6 Å². The Morgan fingerprint density at radius 2 is 1.54 bits per heavy atom. The second kappa shape index (κ2) is 8.66. The van der Waals surface area contributed by atoms with Gasteiger partial charge in [-0.3, -0.25) is 9.59 Å². The summed E-state index contributed by atoms with van der Waals surface area (Å²) < 4.78 is 5.13. The molecule has 0 saturated carbocycles. The third-order valence-corrected chi connectivity index (χ3v) is 9.31. The molecule has 3 aliphatic rings. The number of carbonyl (C=O) groups excluding carboxylic acids is 2. The molecule has 1 fully saturated rings. The molecule has 0 spiro atoms. The molecule has 2 aliphatic heterocycles. The molecule has 8 nitrogen and oxygen atoms in total. The number of ketones is 1. The van der Waals surface area contributed by atoms with Gasteiger partial charge >= 0.3 is 5.97 Å². The summed E-state index contributed by atoms with van der Waals surface area (Å²) in [6.45, 7) is 12.4. The Balaban J connectivity index is 1.75.